The third-order valence-corrected chi connectivity index (χ3v) is 7.65. The Morgan fingerprint density at radius 3 is 2.44 bits per heavy atom. The number of nitrogens with zero attached hydrogens (tertiary/aromatic N) is 1. The first-order valence-electron chi connectivity index (χ1n) is 12.7. The van der Waals surface area contributed by atoms with Gasteiger partial charge in [0.1, 0.15) is 24.0 Å². The van der Waals surface area contributed by atoms with Crippen LogP contribution in [0.3, 0.4) is 0 Å². The van der Waals surface area contributed by atoms with Gasteiger partial charge < -0.3 is 24.4 Å². The third-order valence-electron chi connectivity index (χ3n) is 6.01. The van der Waals surface area contributed by atoms with E-state index in [1.807, 2.05) is 4.98 Å². The molecule has 2 heterocycles. The molecule has 1 amide bonds. The number of halogens is 1. The van der Waals surface area contributed by atoms with Gasteiger partial charge in [-0.3, -0.25) is 23.7 Å². The predicted octanol–water partition coefficient (Wildman–Crippen LogP) is 1.16. The predicted molar refractivity (Wildman–Crippen MR) is 143 cm³/mol. The van der Waals surface area contributed by atoms with Crippen molar-refractivity contribution in [1.29, 1.82) is 0 Å². The zero-order chi connectivity index (χ0) is 30.5. The topological polar surface area (TPSA) is 187 Å². The van der Waals surface area contributed by atoms with Gasteiger partial charge in [-0.15, -0.1) is 0 Å². The first-order valence-corrected chi connectivity index (χ1v) is 14.3. The summed E-state index contributed by atoms with van der Waals surface area (Å²) in [7, 11) is -4.43. The number of rotatable bonds is 12. The Kier molecular flexibility index (Phi) is 10.3. The van der Waals surface area contributed by atoms with Crippen LogP contribution in [0.5, 0.6) is 5.75 Å². The van der Waals surface area contributed by atoms with Crippen molar-refractivity contribution in [3.05, 3.63) is 63.4 Å². The van der Waals surface area contributed by atoms with Crippen LogP contribution in [0.15, 0.2) is 52.2 Å². The standard InChI is InChI=1S/C25H34FN4O10P/c1-14(2)38-22(34)16(4)27-21(33)15(3)29-41(36,40-17-9-7-6-8-10-17)37-13-18-20(32)25(5,26)23(39-18)30-12-11-19(31)28-24(30)35/h6-12,14-16,18,20,23,32H,13H2,1-5H3,(H,27,33)(H,29,36)(H,28,31,35)/t15-,16-,18+,20+,23+,25+,41?/m0/s1. The fourth-order valence-corrected chi connectivity index (χ4v) is 5.39. The minimum Gasteiger partial charge on any atom is -0.461 e. The van der Waals surface area contributed by atoms with Gasteiger partial charge in [0.05, 0.1) is 18.8 Å². The minimum atomic E-state index is -4.43. The molecule has 1 aromatic heterocycles. The first-order chi connectivity index (χ1) is 19.1. The van der Waals surface area contributed by atoms with Gasteiger partial charge in [-0.1, -0.05) is 18.2 Å². The van der Waals surface area contributed by atoms with Crippen molar-refractivity contribution in [3.63, 3.8) is 0 Å². The lowest BCUT2D eigenvalue weighted by Gasteiger charge is -2.26. The SMILES string of the molecule is CC(C)OC(=O)[C@H](C)NC(=O)[C@H](C)NP(=O)(OC[C@H]1O[C@@H](n2ccc(=O)[nH]c2=O)[C@](C)(F)[C@@H]1O)Oc1ccccc1. The molecule has 0 spiro atoms. The lowest BCUT2D eigenvalue weighted by atomic mass is 9.98. The molecular formula is C25H34FN4O10P. The number of carbonyl (C=O) groups is 2. The lowest BCUT2D eigenvalue weighted by molar-refractivity contribution is -0.151. The molecule has 7 atom stereocenters. The van der Waals surface area contributed by atoms with Gasteiger partial charge in [0.25, 0.3) is 5.56 Å². The van der Waals surface area contributed by atoms with Gasteiger partial charge in [-0.05, 0) is 46.8 Å². The number of aromatic nitrogens is 2. The Bertz CT molecular complexity index is 1380. The Morgan fingerprint density at radius 2 is 1.83 bits per heavy atom. The van der Waals surface area contributed by atoms with Crippen molar-refractivity contribution < 1.29 is 42.2 Å². The molecular weight excluding hydrogens is 566 g/mol. The van der Waals surface area contributed by atoms with Crippen LogP contribution in [-0.4, -0.2) is 69.2 Å². The van der Waals surface area contributed by atoms with Gasteiger partial charge in [-0.25, -0.2) is 18.5 Å². The summed E-state index contributed by atoms with van der Waals surface area (Å²) in [5.41, 5.74) is -4.20. The number of alkyl halides is 1. The largest absolute Gasteiger partial charge is 0.461 e. The number of H-pyrrole nitrogens is 1. The fourth-order valence-electron chi connectivity index (χ4n) is 3.87. The van der Waals surface area contributed by atoms with E-state index < -0.39 is 79.8 Å². The molecule has 3 rings (SSSR count). The average molecular weight is 601 g/mol. The van der Waals surface area contributed by atoms with E-state index in [9.17, 15) is 28.8 Å². The minimum absolute atomic E-state index is 0.103. The number of carbonyl (C=O) groups excluding carboxylic acids is 2. The highest BCUT2D eigenvalue weighted by Crippen LogP contribution is 2.47. The molecule has 16 heteroatoms. The number of hydrogen-bond acceptors (Lipinski definition) is 10. The number of esters is 1. The maximum Gasteiger partial charge on any atom is 0.459 e. The van der Waals surface area contributed by atoms with Crippen LogP contribution in [0, 0.1) is 0 Å². The number of nitrogens with one attached hydrogen (secondary N) is 3. The molecule has 0 aliphatic carbocycles. The van der Waals surface area contributed by atoms with E-state index in [0.717, 1.165) is 23.8 Å². The van der Waals surface area contributed by atoms with E-state index in [2.05, 4.69) is 10.4 Å². The van der Waals surface area contributed by atoms with Crippen LogP contribution >= 0.6 is 7.75 Å². The maximum absolute atomic E-state index is 15.5. The molecule has 1 aliphatic heterocycles. The zero-order valence-electron chi connectivity index (χ0n) is 23.1. The Hall–Kier alpha value is -3.36. The summed E-state index contributed by atoms with van der Waals surface area (Å²) in [4.78, 5) is 50.4. The summed E-state index contributed by atoms with van der Waals surface area (Å²) in [6.45, 7) is 6.38. The molecule has 226 valence electrons. The summed E-state index contributed by atoms with van der Waals surface area (Å²) in [6, 6.07) is 6.58. The zero-order valence-corrected chi connectivity index (χ0v) is 24.0. The second kappa shape index (κ2) is 13.1. The summed E-state index contributed by atoms with van der Waals surface area (Å²) in [6.07, 6.45) is -4.34. The van der Waals surface area contributed by atoms with E-state index in [4.69, 9.17) is 18.5 Å². The molecule has 14 nitrogen and oxygen atoms in total. The molecule has 0 bridgehead atoms. The van der Waals surface area contributed by atoms with Crippen molar-refractivity contribution in [3.8, 4) is 5.75 Å². The van der Waals surface area contributed by atoms with E-state index in [-0.39, 0.29) is 5.75 Å². The molecule has 1 aromatic carbocycles. The summed E-state index contributed by atoms with van der Waals surface area (Å²) in [5.74, 6) is -1.30. The highest BCUT2D eigenvalue weighted by atomic mass is 31.2. The number of amides is 1. The number of benzene rings is 1. The molecule has 41 heavy (non-hydrogen) atoms. The Balaban J connectivity index is 1.76. The van der Waals surface area contributed by atoms with Crippen molar-refractivity contribution >= 4 is 19.6 Å². The van der Waals surface area contributed by atoms with E-state index in [1.54, 1.807) is 32.0 Å². The van der Waals surface area contributed by atoms with Gasteiger partial charge in [-0.2, -0.15) is 5.09 Å². The lowest BCUT2D eigenvalue weighted by Crippen LogP contribution is -2.48. The Labute approximate surface area is 234 Å². The number of aromatic amines is 1. The van der Waals surface area contributed by atoms with Crippen molar-refractivity contribution in [1.82, 2.24) is 20.0 Å². The number of aliphatic hydroxyl groups is 1. The normalized spacial score (nSPS) is 25.2. The molecule has 2 aromatic rings. The smallest absolute Gasteiger partial charge is 0.459 e. The summed E-state index contributed by atoms with van der Waals surface area (Å²) in [5, 5.41) is 15.5. The molecule has 0 radical (unpaired) electrons. The Morgan fingerprint density at radius 1 is 1.17 bits per heavy atom. The van der Waals surface area contributed by atoms with Gasteiger partial charge in [0.2, 0.25) is 5.91 Å². The van der Waals surface area contributed by atoms with E-state index in [0.29, 0.717) is 0 Å². The molecule has 1 aliphatic rings. The van der Waals surface area contributed by atoms with Crippen molar-refractivity contribution in [2.45, 2.75) is 76.9 Å². The van der Waals surface area contributed by atoms with Crippen LogP contribution in [0.2, 0.25) is 0 Å². The van der Waals surface area contributed by atoms with E-state index in [1.165, 1.54) is 26.0 Å². The highest BCUT2D eigenvalue weighted by Gasteiger charge is 2.56. The van der Waals surface area contributed by atoms with E-state index >= 15 is 4.39 Å². The quantitative estimate of drug-likeness (QED) is 0.202. The van der Waals surface area contributed by atoms with Crippen LogP contribution < -0.4 is 26.2 Å². The van der Waals surface area contributed by atoms with Gasteiger partial charge >= 0.3 is 19.4 Å². The van der Waals surface area contributed by atoms with Crippen molar-refractivity contribution in [2.75, 3.05) is 6.61 Å². The molecule has 1 fully saturated rings. The first kappa shape index (κ1) is 32.2. The van der Waals surface area contributed by atoms with Crippen LogP contribution in [-0.2, 0) is 28.2 Å². The number of para-hydroxylation sites is 1. The molecule has 0 saturated carbocycles. The van der Waals surface area contributed by atoms with Gasteiger partial charge in [0, 0.05) is 12.3 Å². The molecule has 4 N–H and O–H groups in total. The maximum atomic E-state index is 15.5. The van der Waals surface area contributed by atoms with Gasteiger partial charge in [0.15, 0.2) is 11.9 Å². The van der Waals surface area contributed by atoms with Crippen LogP contribution in [0.1, 0.15) is 40.8 Å². The second-order valence-corrected chi connectivity index (χ2v) is 11.6. The van der Waals surface area contributed by atoms with Crippen LogP contribution in [0.25, 0.3) is 0 Å². The second-order valence-electron chi connectivity index (χ2n) is 9.90. The monoisotopic (exact) mass is 600 g/mol. The van der Waals surface area contributed by atoms with Crippen LogP contribution in [0.4, 0.5) is 4.39 Å². The molecule has 1 unspecified atom stereocenters. The summed E-state index contributed by atoms with van der Waals surface area (Å²) >= 11 is 0. The number of ether oxygens (including phenoxy) is 2. The summed E-state index contributed by atoms with van der Waals surface area (Å²) < 4.78 is 51.7. The average Bonchev–Trinajstić information content (AvgIpc) is 3.11. The number of hydrogen-bond donors (Lipinski definition) is 4. The number of aliphatic hydroxyl groups excluding tert-OH is 1. The molecule has 1 saturated heterocycles. The third kappa shape index (κ3) is 8.11. The highest BCUT2D eigenvalue weighted by molar-refractivity contribution is 7.52. The van der Waals surface area contributed by atoms with Crippen molar-refractivity contribution in [2.24, 2.45) is 0 Å². The fraction of sp³-hybridized carbons (Fsp3) is 0.520.